The first kappa shape index (κ1) is 15.8. The quantitative estimate of drug-likeness (QED) is 0.898. The van der Waals surface area contributed by atoms with Crippen LogP contribution in [0.25, 0.3) is 0 Å². The van der Waals surface area contributed by atoms with E-state index in [-0.39, 0.29) is 5.92 Å². The van der Waals surface area contributed by atoms with Crippen LogP contribution in [0, 0.1) is 29.3 Å². The Balaban J connectivity index is 2.02. The highest BCUT2D eigenvalue weighted by atomic mass is 19.1. The Morgan fingerprint density at radius 2 is 1.71 bits per heavy atom. The molecule has 0 spiro atoms. The van der Waals surface area contributed by atoms with E-state index in [1.807, 2.05) is 0 Å². The number of halogens is 3. The number of carbonyl (C=O) groups is 1. The van der Waals surface area contributed by atoms with Crippen molar-refractivity contribution in [1.82, 2.24) is 5.32 Å². The minimum Gasteiger partial charge on any atom is -0.352 e. The van der Waals surface area contributed by atoms with Gasteiger partial charge in [0.25, 0.3) is 5.91 Å². The van der Waals surface area contributed by atoms with Crippen LogP contribution in [0.5, 0.6) is 0 Å². The third-order valence-corrected chi connectivity index (χ3v) is 4.13. The van der Waals surface area contributed by atoms with Gasteiger partial charge in [-0.1, -0.05) is 12.8 Å². The van der Waals surface area contributed by atoms with Gasteiger partial charge in [0.05, 0.1) is 0 Å². The molecule has 3 N–H and O–H groups in total. The van der Waals surface area contributed by atoms with Crippen LogP contribution in [0.3, 0.4) is 0 Å². The molecule has 0 aliphatic heterocycles. The number of rotatable bonds is 4. The monoisotopic (exact) mass is 300 g/mol. The highest BCUT2D eigenvalue weighted by molar-refractivity contribution is 5.94. The molecule has 6 heteroatoms. The molecule has 1 aromatic rings. The summed E-state index contributed by atoms with van der Waals surface area (Å²) in [7, 11) is 0. The van der Waals surface area contributed by atoms with Crippen molar-refractivity contribution in [1.29, 1.82) is 0 Å². The van der Waals surface area contributed by atoms with Gasteiger partial charge in [-0.25, -0.2) is 13.2 Å². The van der Waals surface area contributed by atoms with Crippen LogP contribution >= 0.6 is 0 Å². The van der Waals surface area contributed by atoms with Crippen LogP contribution < -0.4 is 11.1 Å². The van der Waals surface area contributed by atoms with Gasteiger partial charge in [-0.3, -0.25) is 4.79 Å². The Hall–Kier alpha value is -1.56. The molecule has 1 aromatic carbocycles. The Morgan fingerprint density at radius 1 is 1.14 bits per heavy atom. The maximum Gasteiger partial charge on any atom is 0.257 e. The third-order valence-electron chi connectivity index (χ3n) is 4.13. The zero-order chi connectivity index (χ0) is 15.4. The van der Waals surface area contributed by atoms with Crippen molar-refractivity contribution in [3.63, 3.8) is 0 Å². The summed E-state index contributed by atoms with van der Waals surface area (Å²) in [6.07, 6.45) is 4.14. The molecular formula is C15H19F3N2O. The summed E-state index contributed by atoms with van der Waals surface area (Å²) < 4.78 is 39.8. The molecule has 3 nitrogen and oxygen atoms in total. The molecule has 1 fully saturated rings. The minimum absolute atomic E-state index is 0.222. The fourth-order valence-electron chi connectivity index (χ4n) is 2.93. The lowest BCUT2D eigenvalue weighted by Gasteiger charge is -2.30. The Morgan fingerprint density at radius 3 is 2.29 bits per heavy atom. The van der Waals surface area contributed by atoms with Crippen LogP contribution in [0.1, 0.15) is 36.0 Å². The van der Waals surface area contributed by atoms with Crippen LogP contribution in [0.4, 0.5) is 13.2 Å². The first-order chi connectivity index (χ1) is 10.0. The molecule has 1 saturated carbocycles. The predicted molar refractivity (Wildman–Crippen MR) is 73.2 cm³/mol. The molecule has 0 heterocycles. The van der Waals surface area contributed by atoms with Crippen molar-refractivity contribution in [2.75, 3.05) is 13.1 Å². The van der Waals surface area contributed by atoms with E-state index in [1.165, 1.54) is 0 Å². The summed E-state index contributed by atoms with van der Waals surface area (Å²) in [6.45, 7) is 0.872. The highest BCUT2D eigenvalue weighted by Gasteiger charge is 2.25. The minimum atomic E-state index is -1.19. The van der Waals surface area contributed by atoms with Crippen LogP contribution in [0.15, 0.2) is 12.1 Å². The smallest absolute Gasteiger partial charge is 0.257 e. The Kier molecular flexibility index (Phi) is 5.22. The first-order valence-corrected chi connectivity index (χ1v) is 7.15. The standard InChI is InChI=1S/C15H19F3N2O/c16-11-5-12(17)14(13(18)6-11)15(21)20-8-10-4-2-1-3-9(10)7-19/h5-6,9-10H,1-4,7-8,19H2,(H,20,21). The molecule has 21 heavy (non-hydrogen) atoms. The van der Waals surface area contributed by atoms with Crippen LogP contribution in [-0.2, 0) is 0 Å². The fourth-order valence-corrected chi connectivity index (χ4v) is 2.93. The second kappa shape index (κ2) is 6.93. The number of nitrogens with one attached hydrogen (secondary N) is 1. The van der Waals surface area contributed by atoms with E-state index in [9.17, 15) is 18.0 Å². The van der Waals surface area contributed by atoms with E-state index >= 15 is 0 Å². The van der Waals surface area contributed by atoms with Gasteiger partial charge >= 0.3 is 0 Å². The molecule has 116 valence electrons. The average Bonchev–Trinajstić information content (AvgIpc) is 2.44. The van der Waals surface area contributed by atoms with Gasteiger partial charge in [0.2, 0.25) is 0 Å². The summed E-state index contributed by atoms with van der Waals surface area (Å²) in [5, 5.41) is 2.54. The second-order valence-electron chi connectivity index (χ2n) is 5.49. The van der Waals surface area contributed by atoms with E-state index in [0.717, 1.165) is 25.7 Å². The number of hydrogen-bond acceptors (Lipinski definition) is 2. The zero-order valence-electron chi connectivity index (χ0n) is 11.7. The lowest BCUT2D eigenvalue weighted by atomic mass is 9.79. The zero-order valence-corrected chi connectivity index (χ0v) is 11.7. The summed E-state index contributed by atoms with van der Waals surface area (Å²) in [5.41, 5.74) is 4.96. The molecule has 0 aromatic heterocycles. The van der Waals surface area contributed by atoms with E-state index in [1.54, 1.807) is 0 Å². The van der Waals surface area contributed by atoms with Gasteiger partial charge in [-0.15, -0.1) is 0 Å². The molecule has 1 amide bonds. The Labute approximate surface area is 121 Å². The molecule has 0 radical (unpaired) electrons. The number of hydrogen-bond donors (Lipinski definition) is 2. The molecule has 2 atom stereocenters. The van der Waals surface area contributed by atoms with Crippen LogP contribution in [-0.4, -0.2) is 19.0 Å². The summed E-state index contributed by atoms with van der Waals surface area (Å²) in [6, 6.07) is 1.00. The van der Waals surface area contributed by atoms with Crippen molar-refractivity contribution in [2.24, 2.45) is 17.6 Å². The van der Waals surface area contributed by atoms with Crippen molar-refractivity contribution in [3.05, 3.63) is 35.1 Å². The van der Waals surface area contributed by atoms with Crippen molar-refractivity contribution in [3.8, 4) is 0 Å². The molecule has 0 bridgehead atoms. The maximum absolute atomic E-state index is 13.5. The summed E-state index contributed by atoms with van der Waals surface area (Å²) in [4.78, 5) is 11.9. The van der Waals surface area contributed by atoms with Crippen LogP contribution in [0.2, 0.25) is 0 Å². The number of amides is 1. The summed E-state index contributed by atoms with van der Waals surface area (Å²) in [5.74, 6) is -3.74. The van der Waals surface area contributed by atoms with Gasteiger partial charge in [0.1, 0.15) is 23.0 Å². The highest BCUT2D eigenvalue weighted by Crippen LogP contribution is 2.28. The van der Waals surface area contributed by atoms with Gasteiger partial charge in [0.15, 0.2) is 0 Å². The fraction of sp³-hybridized carbons (Fsp3) is 0.533. The Bertz CT molecular complexity index is 499. The summed E-state index contributed by atoms with van der Waals surface area (Å²) >= 11 is 0. The van der Waals surface area contributed by atoms with E-state index < -0.39 is 28.9 Å². The predicted octanol–water partition coefficient (Wildman–Crippen LogP) is 2.60. The van der Waals surface area contributed by atoms with E-state index in [2.05, 4.69) is 5.32 Å². The lowest BCUT2D eigenvalue weighted by molar-refractivity contribution is 0.0926. The molecule has 2 unspecified atom stereocenters. The number of benzene rings is 1. The lowest BCUT2D eigenvalue weighted by Crippen LogP contribution is -2.37. The topological polar surface area (TPSA) is 55.1 Å². The molecule has 2 rings (SSSR count). The largest absolute Gasteiger partial charge is 0.352 e. The molecule has 0 saturated heterocycles. The average molecular weight is 300 g/mol. The van der Waals surface area contributed by atoms with Crippen molar-refractivity contribution < 1.29 is 18.0 Å². The van der Waals surface area contributed by atoms with Gasteiger partial charge < -0.3 is 11.1 Å². The molecule has 1 aliphatic carbocycles. The second-order valence-corrected chi connectivity index (χ2v) is 5.49. The SMILES string of the molecule is NCC1CCCCC1CNC(=O)c1c(F)cc(F)cc1F. The first-order valence-electron chi connectivity index (χ1n) is 7.15. The number of nitrogens with two attached hydrogens (primary N) is 1. The van der Waals surface area contributed by atoms with Gasteiger partial charge in [-0.05, 0) is 31.2 Å². The van der Waals surface area contributed by atoms with E-state index in [0.29, 0.717) is 31.1 Å². The normalized spacial score (nSPS) is 22.1. The maximum atomic E-state index is 13.5. The van der Waals surface area contributed by atoms with Crippen molar-refractivity contribution >= 4 is 5.91 Å². The number of carbonyl (C=O) groups excluding carboxylic acids is 1. The van der Waals surface area contributed by atoms with Crippen molar-refractivity contribution in [2.45, 2.75) is 25.7 Å². The molecular weight excluding hydrogens is 281 g/mol. The third kappa shape index (κ3) is 3.75. The van der Waals surface area contributed by atoms with Gasteiger partial charge in [0, 0.05) is 18.7 Å². The van der Waals surface area contributed by atoms with Gasteiger partial charge in [-0.2, -0.15) is 0 Å². The molecule has 1 aliphatic rings. The van der Waals surface area contributed by atoms with E-state index in [4.69, 9.17) is 5.73 Å².